The zero-order valence-electron chi connectivity index (χ0n) is 22.1. The van der Waals surface area contributed by atoms with Gasteiger partial charge in [-0.05, 0) is 74.2 Å². The Morgan fingerprint density at radius 1 is 1.10 bits per heavy atom. The average molecular weight is 571 g/mol. The number of fused-ring (bicyclic) bond motifs is 2. The van der Waals surface area contributed by atoms with Gasteiger partial charge in [0.15, 0.2) is 17.2 Å². The van der Waals surface area contributed by atoms with Crippen molar-refractivity contribution in [3.63, 3.8) is 0 Å². The van der Waals surface area contributed by atoms with Gasteiger partial charge in [-0.3, -0.25) is 9.20 Å². The van der Waals surface area contributed by atoms with Gasteiger partial charge in [0.05, 0.1) is 23.1 Å². The maximum absolute atomic E-state index is 15.0. The average Bonchev–Trinajstić information content (AvgIpc) is 3.56. The quantitative estimate of drug-likeness (QED) is 0.258. The summed E-state index contributed by atoms with van der Waals surface area (Å²) in [7, 11) is 0. The molecule has 0 aliphatic heterocycles. The lowest BCUT2D eigenvalue weighted by Crippen LogP contribution is -2.21. The van der Waals surface area contributed by atoms with Gasteiger partial charge < -0.3 is 10.5 Å². The minimum Gasteiger partial charge on any atom is -0.487 e. The number of aryl methyl sites for hydroxylation is 1. The highest BCUT2D eigenvalue weighted by molar-refractivity contribution is 7.15. The fourth-order valence-electron chi connectivity index (χ4n) is 5.20. The molecule has 4 heterocycles. The number of ether oxygens (including phenoxy) is 1. The van der Waals surface area contributed by atoms with E-state index in [1.54, 1.807) is 33.3 Å². The zero-order chi connectivity index (χ0) is 28.4. The molecular formula is C30H24F2N6O2S. The molecule has 1 fully saturated rings. The molecule has 206 valence electrons. The topological polar surface area (TPSA) is 100 Å². The van der Waals surface area contributed by atoms with Gasteiger partial charge in [0.1, 0.15) is 28.5 Å². The van der Waals surface area contributed by atoms with Gasteiger partial charge in [0.2, 0.25) is 0 Å². The van der Waals surface area contributed by atoms with E-state index in [9.17, 15) is 9.18 Å². The number of rotatable bonds is 6. The van der Waals surface area contributed by atoms with E-state index in [1.807, 2.05) is 25.3 Å². The van der Waals surface area contributed by atoms with Crippen molar-refractivity contribution in [3.05, 3.63) is 93.5 Å². The molecule has 0 amide bonds. The van der Waals surface area contributed by atoms with Gasteiger partial charge in [-0.15, -0.1) is 11.3 Å². The van der Waals surface area contributed by atoms with Crippen LogP contribution in [0.4, 0.5) is 14.6 Å². The molecule has 0 radical (unpaired) electrons. The number of hydrogen-bond donors (Lipinski definition) is 1. The lowest BCUT2D eigenvalue weighted by molar-refractivity contribution is 0.287. The molecule has 0 saturated heterocycles. The first-order chi connectivity index (χ1) is 19.8. The van der Waals surface area contributed by atoms with Crippen LogP contribution < -0.4 is 16.0 Å². The first kappa shape index (κ1) is 25.3. The molecule has 6 aromatic rings. The smallest absolute Gasteiger partial charge is 0.264 e. The largest absolute Gasteiger partial charge is 0.487 e. The number of aromatic nitrogens is 5. The molecule has 1 atom stereocenters. The minimum absolute atomic E-state index is 0.0566. The van der Waals surface area contributed by atoms with E-state index >= 15 is 4.39 Å². The van der Waals surface area contributed by atoms with Crippen molar-refractivity contribution in [2.75, 3.05) is 5.73 Å². The summed E-state index contributed by atoms with van der Waals surface area (Å²) in [6, 6.07) is 12.0. The molecule has 0 bridgehead atoms. The molecule has 1 unspecified atom stereocenters. The standard InChI is InChI=1S/C30H24F2N6O2S/c1-15-13-41-24-12-21(25(30(39)37(15)24)17-4-3-5-19(31)10-17)16(2)38-29-26(28(33)34-14-35-29)27(36-38)18-6-9-23(22(32)11-18)40-20-7-8-20/h3-6,9-14,16,20H,7-8H2,1-2H3,(H2,33,34,35). The maximum atomic E-state index is 15.0. The summed E-state index contributed by atoms with van der Waals surface area (Å²) in [5.74, 6) is -0.564. The molecule has 0 spiro atoms. The molecule has 1 aliphatic rings. The van der Waals surface area contributed by atoms with Crippen molar-refractivity contribution in [2.45, 2.75) is 38.8 Å². The summed E-state index contributed by atoms with van der Waals surface area (Å²) in [5, 5.41) is 7.22. The summed E-state index contributed by atoms with van der Waals surface area (Å²) in [6.45, 7) is 3.74. The predicted molar refractivity (Wildman–Crippen MR) is 154 cm³/mol. The zero-order valence-corrected chi connectivity index (χ0v) is 23.0. The van der Waals surface area contributed by atoms with Gasteiger partial charge in [-0.25, -0.2) is 23.4 Å². The number of anilines is 1. The number of benzene rings is 2. The Labute approximate surface area is 236 Å². The molecule has 4 aromatic heterocycles. The van der Waals surface area contributed by atoms with Crippen LogP contribution in [0, 0.1) is 18.6 Å². The second-order valence-electron chi connectivity index (χ2n) is 10.2. The molecule has 1 saturated carbocycles. The Morgan fingerprint density at radius 2 is 1.93 bits per heavy atom. The summed E-state index contributed by atoms with van der Waals surface area (Å²) < 4.78 is 38.3. The lowest BCUT2D eigenvalue weighted by atomic mass is 9.97. The van der Waals surface area contributed by atoms with Crippen LogP contribution in [-0.2, 0) is 0 Å². The number of nitrogen functional groups attached to an aromatic ring is 1. The Bertz CT molecular complexity index is 2050. The first-order valence-corrected chi connectivity index (χ1v) is 14.0. The summed E-state index contributed by atoms with van der Waals surface area (Å²) in [6.07, 6.45) is 3.23. The molecule has 1 aliphatic carbocycles. The molecule has 41 heavy (non-hydrogen) atoms. The summed E-state index contributed by atoms with van der Waals surface area (Å²) >= 11 is 1.44. The molecular weight excluding hydrogens is 546 g/mol. The molecule has 7 rings (SSSR count). The monoisotopic (exact) mass is 570 g/mol. The highest BCUT2D eigenvalue weighted by Crippen LogP contribution is 2.38. The highest BCUT2D eigenvalue weighted by atomic mass is 32.1. The Kier molecular flexibility index (Phi) is 5.86. The van der Waals surface area contributed by atoms with Crippen LogP contribution in [0.1, 0.15) is 37.1 Å². The minimum atomic E-state index is -0.541. The maximum Gasteiger partial charge on any atom is 0.264 e. The third-order valence-corrected chi connectivity index (χ3v) is 8.38. The number of thiazole rings is 1. The van der Waals surface area contributed by atoms with Gasteiger partial charge in [0.25, 0.3) is 5.56 Å². The Hall–Kier alpha value is -4.64. The van der Waals surface area contributed by atoms with Gasteiger partial charge in [-0.2, -0.15) is 5.10 Å². The lowest BCUT2D eigenvalue weighted by Gasteiger charge is -2.18. The third-order valence-electron chi connectivity index (χ3n) is 7.38. The van der Waals surface area contributed by atoms with Crippen LogP contribution in [-0.4, -0.2) is 30.3 Å². The second-order valence-corrected chi connectivity index (χ2v) is 11.1. The number of pyridine rings is 1. The van der Waals surface area contributed by atoms with E-state index in [4.69, 9.17) is 15.6 Å². The van der Waals surface area contributed by atoms with Crippen molar-refractivity contribution in [3.8, 4) is 28.1 Å². The van der Waals surface area contributed by atoms with Gasteiger partial charge in [0, 0.05) is 16.6 Å². The summed E-state index contributed by atoms with van der Waals surface area (Å²) in [4.78, 5) is 23.3. The number of hydrogen-bond acceptors (Lipinski definition) is 7. The van der Waals surface area contributed by atoms with Crippen LogP contribution in [0.5, 0.6) is 5.75 Å². The van der Waals surface area contributed by atoms with Crippen LogP contribution in [0.3, 0.4) is 0 Å². The van der Waals surface area contributed by atoms with E-state index in [2.05, 4.69) is 9.97 Å². The van der Waals surface area contributed by atoms with Crippen molar-refractivity contribution in [1.82, 2.24) is 24.1 Å². The molecule has 8 nitrogen and oxygen atoms in total. The fraction of sp³-hybridized carbons (Fsp3) is 0.200. The van der Waals surface area contributed by atoms with Gasteiger partial charge >= 0.3 is 0 Å². The van der Waals surface area contributed by atoms with Crippen LogP contribution >= 0.6 is 11.3 Å². The second kappa shape index (κ2) is 9.48. The Morgan fingerprint density at radius 3 is 2.68 bits per heavy atom. The first-order valence-electron chi connectivity index (χ1n) is 13.1. The van der Waals surface area contributed by atoms with Crippen LogP contribution in [0.15, 0.2) is 65.0 Å². The van der Waals surface area contributed by atoms with E-state index < -0.39 is 17.7 Å². The van der Waals surface area contributed by atoms with E-state index in [0.29, 0.717) is 39.0 Å². The predicted octanol–water partition coefficient (Wildman–Crippen LogP) is 6.15. The van der Waals surface area contributed by atoms with E-state index in [0.717, 1.165) is 23.4 Å². The van der Waals surface area contributed by atoms with Crippen molar-refractivity contribution < 1.29 is 13.5 Å². The molecule has 11 heteroatoms. The number of halogens is 2. The normalized spacial score (nSPS) is 14.1. The van der Waals surface area contributed by atoms with Crippen molar-refractivity contribution in [2.24, 2.45) is 0 Å². The third kappa shape index (κ3) is 4.24. The fourth-order valence-corrected chi connectivity index (χ4v) is 6.12. The molecule has 2 aromatic carbocycles. The van der Waals surface area contributed by atoms with E-state index in [-0.39, 0.29) is 23.2 Å². The Balaban J connectivity index is 1.44. The van der Waals surface area contributed by atoms with Crippen LogP contribution in [0.25, 0.3) is 38.2 Å². The SMILES string of the molecule is Cc1csc2cc(C(C)n3nc(-c4ccc(OC5CC5)c(F)c4)c4c(N)ncnc43)c(-c3cccc(F)c3)c(=O)n12. The van der Waals surface area contributed by atoms with Crippen molar-refractivity contribution in [1.29, 1.82) is 0 Å². The van der Waals surface area contributed by atoms with Crippen molar-refractivity contribution >= 4 is 33.0 Å². The number of nitrogens with zero attached hydrogens (tertiary/aromatic N) is 5. The number of nitrogens with two attached hydrogens (primary N) is 1. The molecule has 2 N–H and O–H groups in total. The summed E-state index contributed by atoms with van der Waals surface area (Å²) in [5.41, 5.74) is 9.60. The van der Waals surface area contributed by atoms with Crippen LogP contribution in [0.2, 0.25) is 0 Å². The highest BCUT2D eigenvalue weighted by Gasteiger charge is 2.27. The van der Waals surface area contributed by atoms with Gasteiger partial charge in [-0.1, -0.05) is 12.1 Å². The van der Waals surface area contributed by atoms with E-state index in [1.165, 1.54) is 35.9 Å².